The molecule has 0 saturated carbocycles. The van der Waals surface area contributed by atoms with Crippen LogP contribution in [0.2, 0.25) is 0 Å². The molecule has 1 heterocycles. The van der Waals surface area contributed by atoms with Gasteiger partial charge in [0.2, 0.25) is 0 Å². The first-order valence-electron chi connectivity index (χ1n) is 6.66. The van der Waals surface area contributed by atoms with Crippen molar-refractivity contribution in [2.75, 3.05) is 20.1 Å². The third-order valence-electron chi connectivity index (χ3n) is 3.85. The fraction of sp³-hybridized carbons (Fsp3) is 0.600. The quantitative estimate of drug-likeness (QED) is 0.883. The molecular formula is C15H23FN2. The summed E-state index contributed by atoms with van der Waals surface area (Å²) in [6.07, 6.45) is 2.17. The summed E-state index contributed by atoms with van der Waals surface area (Å²) in [6.45, 7) is 6.59. The van der Waals surface area contributed by atoms with Crippen molar-refractivity contribution in [1.29, 1.82) is 0 Å². The van der Waals surface area contributed by atoms with Crippen LogP contribution in [0.15, 0.2) is 24.3 Å². The van der Waals surface area contributed by atoms with Crippen molar-refractivity contribution in [2.45, 2.75) is 38.3 Å². The molecule has 1 aromatic rings. The van der Waals surface area contributed by atoms with E-state index < -0.39 is 0 Å². The van der Waals surface area contributed by atoms with E-state index in [2.05, 4.69) is 31.1 Å². The zero-order chi connectivity index (χ0) is 13.2. The summed E-state index contributed by atoms with van der Waals surface area (Å²) in [4.78, 5) is 2.41. The summed E-state index contributed by atoms with van der Waals surface area (Å²) in [5.74, 6) is -0.158. The second kappa shape index (κ2) is 5.37. The summed E-state index contributed by atoms with van der Waals surface area (Å²) in [5.41, 5.74) is 1.46. The Balaban J connectivity index is 1.82. The van der Waals surface area contributed by atoms with Crippen LogP contribution in [-0.2, 0) is 6.42 Å². The third-order valence-corrected chi connectivity index (χ3v) is 3.85. The number of hydrogen-bond donors (Lipinski definition) is 1. The normalized spacial score (nSPS) is 22.6. The zero-order valence-corrected chi connectivity index (χ0v) is 11.5. The summed E-state index contributed by atoms with van der Waals surface area (Å²) >= 11 is 0. The zero-order valence-electron chi connectivity index (χ0n) is 11.5. The van der Waals surface area contributed by atoms with Gasteiger partial charge in [-0.3, -0.25) is 0 Å². The number of halogens is 1. The van der Waals surface area contributed by atoms with E-state index in [4.69, 9.17) is 0 Å². The number of nitrogens with one attached hydrogen (secondary N) is 1. The van der Waals surface area contributed by atoms with Crippen LogP contribution >= 0.6 is 0 Å². The predicted octanol–water partition coefficient (Wildman–Crippen LogP) is 2.44. The van der Waals surface area contributed by atoms with Crippen molar-refractivity contribution in [3.05, 3.63) is 35.6 Å². The van der Waals surface area contributed by atoms with Crippen LogP contribution < -0.4 is 5.32 Å². The van der Waals surface area contributed by atoms with Gasteiger partial charge in [-0.25, -0.2) is 4.39 Å². The Hall–Kier alpha value is -0.930. The third kappa shape index (κ3) is 3.53. The maximum Gasteiger partial charge on any atom is 0.123 e. The van der Waals surface area contributed by atoms with Crippen molar-refractivity contribution in [3.63, 3.8) is 0 Å². The molecule has 0 radical (unpaired) electrons. The minimum Gasteiger partial charge on any atom is -0.310 e. The molecule has 0 amide bonds. The van der Waals surface area contributed by atoms with Crippen molar-refractivity contribution in [1.82, 2.24) is 10.2 Å². The molecule has 0 aromatic heterocycles. The van der Waals surface area contributed by atoms with Crippen LogP contribution in [0, 0.1) is 5.82 Å². The van der Waals surface area contributed by atoms with Gasteiger partial charge in [0, 0.05) is 24.7 Å². The van der Waals surface area contributed by atoms with Gasteiger partial charge >= 0.3 is 0 Å². The van der Waals surface area contributed by atoms with Gasteiger partial charge in [-0.15, -0.1) is 0 Å². The van der Waals surface area contributed by atoms with E-state index in [1.807, 2.05) is 12.1 Å². The molecule has 1 N–H and O–H groups in total. The Morgan fingerprint density at radius 1 is 1.33 bits per heavy atom. The lowest BCUT2D eigenvalue weighted by Crippen LogP contribution is -2.34. The number of hydrogen-bond acceptors (Lipinski definition) is 2. The SMILES string of the molecule is CN(CCc1ccc(F)cc1)C1CNC(C)(C)C1. The molecule has 2 nitrogen and oxygen atoms in total. The molecule has 1 fully saturated rings. The van der Waals surface area contributed by atoms with Gasteiger partial charge in [0.25, 0.3) is 0 Å². The Labute approximate surface area is 109 Å². The van der Waals surface area contributed by atoms with Gasteiger partial charge in [-0.2, -0.15) is 0 Å². The Morgan fingerprint density at radius 2 is 2.00 bits per heavy atom. The van der Waals surface area contributed by atoms with Crippen molar-refractivity contribution in [3.8, 4) is 0 Å². The second-order valence-electron chi connectivity index (χ2n) is 5.98. The van der Waals surface area contributed by atoms with E-state index in [0.717, 1.165) is 19.5 Å². The van der Waals surface area contributed by atoms with E-state index in [0.29, 0.717) is 6.04 Å². The van der Waals surface area contributed by atoms with Crippen LogP contribution in [0.5, 0.6) is 0 Å². The fourth-order valence-corrected chi connectivity index (χ4v) is 2.58. The highest BCUT2D eigenvalue weighted by atomic mass is 19.1. The number of nitrogens with zero attached hydrogens (tertiary/aromatic N) is 1. The highest BCUT2D eigenvalue weighted by Crippen LogP contribution is 2.21. The number of rotatable bonds is 4. The molecular weight excluding hydrogens is 227 g/mol. The lowest BCUT2D eigenvalue weighted by Gasteiger charge is -2.25. The first-order chi connectivity index (χ1) is 8.46. The van der Waals surface area contributed by atoms with Crippen molar-refractivity contribution < 1.29 is 4.39 Å². The summed E-state index contributed by atoms with van der Waals surface area (Å²) in [7, 11) is 2.18. The maximum atomic E-state index is 12.8. The van der Waals surface area contributed by atoms with Crippen LogP contribution in [0.4, 0.5) is 4.39 Å². The number of benzene rings is 1. The molecule has 18 heavy (non-hydrogen) atoms. The van der Waals surface area contributed by atoms with Crippen LogP contribution in [-0.4, -0.2) is 36.6 Å². The molecule has 100 valence electrons. The van der Waals surface area contributed by atoms with Gasteiger partial charge in [-0.05, 0) is 51.4 Å². The van der Waals surface area contributed by atoms with E-state index in [1.165, 1.54) is 24.1 Å². The van der Waals surface area contributed by atoms with Gasteiger partial charge in [0.1, 0.15) is 5.82 Å². The Morgan fingerprint density at radius 3 is 2.56 bits per heavy atom. The largest absolute Gasteiger partial charge is 0.310 e. The van der Waals surface area contributed by atoms with E-state index >= 15 is 0 Å². The minimum absolute atomic E-state index is 0.158. The lowest BCUT2D eigenvalue weighted by molar-refractivity contribution is 0.251. The Bertz CT molecular complexity index is 386. The van der Waals surface area contributed by atoms with Gasteiger partial charge in [0.15, 0.2) is 0 Å². The highest BCUT2D eigenvalue weighted by Gasteiger charge is 2.32. The first-order valence-corrected chi connectivity index (χ1v) is 6.66. The molecule has 1 aromatic carbocycles. The van der Waals surface area contributed by atoms with Crippen LogP contribution in [0.25, 0.3) is 0 Å². The smallest absolute Gasteiger partial charge is 0.123 e. The fourth-order valence-electron chi connectivity index (χ4n) is 2.58. The lowest BCUT2D eigenvalue weighted by atomic mass is 10.0. The molecule has 3 heteroatoms. The van der Waals surface area contributed by atoms with Gasteiger partial charge < -0.3 is 10.2 Å². The molecule has 0 spiro atoms. The Kier molecular flexibility index (Phi) is 4.03. The van der Waals surface area contributed by atoms with Crippen molar-refractivity contribution >= 4 is 0 Å². The molecule has 1 unspecified atom stereocenters. The average molecular weight is 250 g/mol. The monoisotopic (exact) mass is 250 g/mol. The molecule has 1 aliphatic rings. The standard InChI is InChI=1S/C15H23FN2/c1-15(2)10-14(11-17-15)18(3)9-8-12-4-6-13(16)7-5-12/h4-7,14,17H,8-11H2,1-3H3. The molecule has 0 aliphatic carbocycles. The van der Waals surface area contributed by atoms with Crippen molar-refractivity contribution in [2.24, 2.45) is 0 Å². The average Bonchev–Trinajstić information content (AvgIpc) is 2.69. The maximum absolute atomic E-state index is 12.8. The van der Waals surface area contributed by atoms with Crippen LogP contribution in [0.3, 0.4) is 0 Å². The first kappa shape index (κ1) is 13.5. The number of likely N-dealkylation sites (N-methyl/N-ethyl adjacent to an activating group) is 1. The van der Waals surface area contributed by atoms with Crippen LogP contribution in [0.1, 0.15) is 25.8 Å². The summed E-state index contributed by atoms with van der Waals surface area (Å²) in [5, 5.41) is 3.54. The molecule has 0 bridgehead atoms. The predicted molar refractivity (Wildman–Crippen MR) is 73.2 cm³/mol. The van der Waals surface area contributed by atoms with Gasteiger partial charge in [-0.1, -0.05) is 12.1 Å². The summed E-state index contributed by atoms with van der Waals surface area (Å²) < 4.78 is 12.8. The minimum atomic E-state index is -0.158. The van der Waals surface area contributed by atoms with Gasteiger partial charge in [0.05, 0.1) is 0 Å². The van der Waals surface area contributed by atoms with E-state index in [1.54, 1.807) is 0 Å². The van der Waals surface area contributed by atoms with E-state index in [9.17, 15) is 4.39 Å². The highest BCUT2D eigenvalue weighted by molar-refractivity contribution is 5.16. The summed E-state index contributed by atoms with van der Waals surface area (Å²) in [6, 6.07) is 7.44. The van der Waals surface area contributed by atoms with E-state index in [-0.39, 0.29) is 11.4 Å². The molecule has 1 aliphatic heterocycles. The molecule has 1 saturated heterocycles. The molecule has 2 rings (SSSR count). The topological polar surface area (TPSA) is 15.3 Å². The molecule has 1 atom stereocenters. The second-order valence-corrected chi connectivity index (χ2v) is 5.98.